The number of hydrogen-bond acceptors (Lipinski definition) is 2. The van der Waals surface area contributed by atoms with E-state index in [1.165, 1.54) is 30.2 Å². The van der Waals surface area contributed by atoms with E-state index >= 15 is 0 Å². The number of thiocyanates is 1. The molecule has 0 atom stereocenters. The molecule has 0 aromatic carbocycles. The van der Waals surface area contributed by atoms with Gasteiger partial charge >= 0.3 is 0 Å². The first-order valence-electron chi connectivity index (χ1n) is 3.79. The van der Waals surface area contributed by atoms with Crippen molar-refractivity contribution in [3.8, 4) is 5.40 Å². The van der Waals surface area contributed by atoms with Crippen molar-refractivity contribution >= 4 is 11.8 Å². The molecular weight excluding hydrogens is 154 g/mol. The standard InChI is InChI=1S/C9H11NS/c10-8-11-7-6-9-4-2-1-3-5-9/h1-2,4H,3,5-7H2. The Morgan fingerprint density at radius 2 is 2.55 bits per heavy atom. The Morgan fingerprint density at radius 3 is 3.18 bits per heavy atom. The highest BCUT2D eigenvalue weighted by Crippen LogP contribution is 2.17. The number of allylic oxidation sites excluding steroid dienone is 4. The third-order valence-electron chi connectivity index (χ3n) is 1.69. The predicted octanol–water partition coefficient (Wildman–Crippen LogP) is 2.87. The SMILES string of the molecule is N#CSCCC1=CC=CCC1. The maximum Gasteiger partial charge on any atom is 0.133 e. The van der Waals surface area contributed by atoms with E-state index < -0.39 is 0 Å². The van der Waals surface area contributed by atoms with Crippen LogP contribution in [0, 0.1) is 10.7 Å². The second-order valence-electron chi connectivity index (χ2n) is 2.48. The van der Waals surface area contributed by atoms with Gasteiger partial charge in [-0.1, -0.05) is 23.8 Å². The zero-order valence-corrected chi connectivity index (χ0v) is 7.23. The monoisotopic (exact) mass is 165 g/mol. The number of hydrogen-bond donors (Lipinski definition) is 0. The summed E-state index contributed by atoms with van der Waals surface area (Å²) >= 11 is 1.34. The molecule has 1 nitrogen and oxygen atoms in total. The van der Waals surface area contributed by atoms with Gasteiger partial charge in [-0.2, -0.15) is 5.26 Å². The summed E-state index contributed by atoms with van der Waals surface area (Å²) in [5, 5.41) is 10.4. The number of thioether (sulfide) groups is 1. The first kappa shape index (κ1) is 8.42. The van der Waals surface area contributed by atoms with Crippen molar-refractivity contribution in [1.29, 1.82) is 5.26 Å². The molecule has 1 aliphatic rings. The van der Waals surface area contributed by atoms with Gasteiger partial charge in [0.2, 0.25) is 0 Å². The summed E-state index contributed by atoms with van der Waals surface area (Å²) in [7, 11) is 0. The van der Waals surface area contributed by atoms with E-state index in [4.69, 9.17) is 5.26 Å². The maximum absolute atomic E-state index is 8.28. The Balaban J connectivity index is 2.21. The summed E-state index contributed by atoms with van der Waals surface area (Å²) in [4.78, 5) is 0. The summed E-state index contributed by atoms with van der Waals surface area (Å²) in [6.07, 6.45) is 9.88. The van der Waals surface area contributed by atoms with Gasteiger partial charge in [0.1, 0.15) is 5.40 Å². The van der Waals surface area contributed by atoms with Crippen molar-refractivity contribution in [3.63, 3.8) is 0 Å². The first-order valence-corrected chi connectivity index (χ1v) is 4.77. The van der Waals surface area contributed by atoms with Crippen molar-refractivity contribution in [2.75, 3.05) is 5.75 Å². The first-order chi connectivity index (χ1) is 5.43. The van der Waals surface area contributed by atoms with Gasteiger partial charge in [-0.3, -0.25) is 0 Å². The molecule has 11 heavy (non-hydrogen) atoms. The number of rotatable bonds is 3. The Bertz CT molecular complexity index is 210. The van der Waals surface area contributed by atoms with Crippen molar-refractivity contribution < 1.29 is 0 Å². The lowest BCUT2D eigenvalue weighted by molar-refractivity contribution is 0.901. The van der Waals surface area contributed by atoms with Crippen molar-refractivity contribution in [2.45, 2.75) is 19.3 Å². The topological polar surface area (TPSA) is 23.8 Å². The van der Waals surface area contributed by atoms with Crippen LogP contribution in [0.1, 0.15) is 19.3 Å². The Labute approximate surface area is 71.8 Å². The average molecular weight is 165 g/mol. The summed E-state index contributed by atoms with van der Waals surface area (Å²) in [6, 6.07) is 0. The molecule has 58 valence electrons. The predicted molar refractivity (Wildman–Crippen MR) is 49.1 cm³/mol. The van der Waals surface area contributed by atoms with Crippen LogP contribution < -0.4 is 0 Å². The molecule has 0 heterocycles. The zero-order chi connectivity index (χ0) is 7.94. The van der Waals surface area contributed by atoms with E-state index in [0.717, 1.165) is 12.2 Å². The molecule has 2 heteroatoms. The maximum atomic E-state index is 8.28. The molecule has 1 rings (SSSR count). The van der Waals surface area contributed by atoms with Crippen LogP contribution >= 0.6 is 11.8 Å². The second-order valence-corrected chi connectivity index (χ2v) is 3.36. The molecule has 0 aromatic heterocycles. The molecule has 0 amide bonds. The van der Waals surface area contributed by atoms with Crippen LogP contribution in [0.5, 0.6) is 0 Å². The largest absolute Gasteiger partial charge is 0.185 e. The molecule has 0 aliphatic heterocycles. The minimum absolute atomic E-state index is 0.941. The quantitative estimate of drug-likeness (QED) is 0.474. The molecule has 0 aromatic rings. The van der Waals surface area contributed by atoms with Crippen LogP contribution in [-0.4, -0.2) is 5.75 Å². The molecule has 0 unspecified atom stereocenters. The van der Waals surface area contributed by atoms with Crippen LogP contribution in [0.4, 0.5) is 0 Å². The molecule has 0 spiro atoms. The molecule has 0 N–H and O–H groups in total. The lowest BCUT2D eigenvalue weighted by Crippen LogP contribution is -1.88. The molecule has 0 radical (unpaired) electrons. The fraction of sp³-hybridized carbons (Fsp3) is 0.444. The second kappa shape index (κ2) is 5.03. The number of nitriles is 1. The Morgan fingerprint density at radius 1 is 1.64 bits per heavy atom. The van der Waals surface area contributed by atoms with E-state index in [9.17, 15) is 0 Å². The van der Waals surface area contributed by atoms with Gasteiger partial charge < -0.3 is 0 Å². The van der Waals surface area contributed by atoms with Crippen LogP contribution in [0.2, 0.25) is 0 Å². The van der Waals surface area contributed by atoms with E-state index in [1.54, 1.807) is 0 Å². The Hall–Kier alpha value is -0.680. The molecule has 0 fully saturated rings. The average Bonchev–Trinajstić information content (AvgIpc) is 2.07. The normalized spacial score (nSPS) is 15.7. The summed E-state index contributed by atoms with van der Waals surface area (Å²) < 4.78 is 0. The fourth-order valence-corrected chi connectivity index (χ4v) is 1.54. The van der Waals surface area contributed by atoms with E-state index in [1.807, 2.05) is 0 Å². The fourth-order valence-electron chi connectivity index (χ4n) is 1.09. The number of nitrogens with zero attached hydrogens (tertiary/aromatic N) is 1. The van der Waals surface area contributed by atoms with E-state index in [-0.39, 0.29) is 0 Å². The molecular formula is C9H11NS. The lowest BCUT2D eigenvalue weighted by Gasteiger charge is -2.06. The smallest absolute Gasteiger partial charge is 0.133 e. The minimum atomic E-state index is 0.941. The summed E-state index contributed by atoms with van der Waals surface area (Å²) in [5.74, 6) is 0.941. The van der Waals surface area contributed by atoms with Gasteiger partial charge in [-0.05, 0) is 31.0 Å². The molecule has 0 saturated carbocycles. The Kier molecular flexibility index (Phi) is 3.85. The van der Waals surface area contributed by atoms with Crippen molar-refractivity contribution in [2.24, 2.45) is 0 Å². The van der Waals surface area contributed by atoms with Gasteiger partial charge in [-0.25, -0.2) is 0 Å². The summed E-state index contributed by atoms with van der Waals surface area (Å²) in [5.41, 5.74) is 1.48. The highest BCUT2D eigenvalue weighted by atomic mass is 32.2. The lowest BCUT2D eigenvalue weighted by atomic mass is 10.0. The van der Waals surface area contributed by atoms with Gasteiger partial charge in [0, 0.05) is 5.75 Å². The van der Waals surface area contributed by atoms with E-state index in [2.05, 4.69) is 23.6 Å². The van der Waals surface area contributed by atoms with Gasteiger partial charge in [0.25, 0.3) is 0 Å². The van der Waals surface area contributed by atoms with Gasteiger partial charge in [0.05, 0.1) is 0 Å². The highest BCUT2D eigenvalue weighted by Gasteiger charge is 1.98. The molecule has 1 aliphatic carbocycles. The van der Waals surface area contributed by atoms with E-state index in [0.29, 0.717) is 0 Å². The van der Waals surface area contributed by atoms with Gasteiger partial charge in [0.15, 0.2) is 0 Å². The third kappa shape index (κ3) is 3.29. The van der Waals surface area contributed by atoms with Crippen molar-refractivity contribution in [3.05, 3.63) is 23.8 Å². The van der Waals surface area contributed by atoms with Crippen molar-refractivity contribution in [1.82, 2.24) is 0 Å². The van der Waals surface area contributed by atoms with Crippen LogP contribution in [0.25, 0.3) is 0 Å². The zero-order valence-electron chi connectivity index (χ0n) is 6.42. The summed E-state index contributed by atoms with van der Waals surface area (Å²) in [6.45, 7) is 0. The van der Waals surface area contributed by atoms with Crippen LogP contribution in [0.3, 0.4) is 0 Å². The van der Waals surface area contributed by atoms with Crippen LogP contribution in [0.15, 0.2) is 23.8 Å². The molecule has 0 bridgehead atoms. The minimum Gasteiger partial charge on any atom is -0.185 e. The van der Waals surface area contributed by atoms with Gasteiger partial charge in [-0.15, -0.1) is 0 Å². The highest BCUT2D eigenvalue weighted by molar-refractivity contribution is 8.03. The third-order valence-corrected chi connectivity index (χ3v) is 2.23. The van der Waals surface area contributed by atoms with Crippen LogP contribution in [-0.2, 0) is 0 Å². The molecule has 0 saturated heterocycles.